The van der Waals surface area contributed by atoms with Crippen molar-refractivity contribution in [1.82, 2.24) is 9.80 Å². The highest BCUT2D eigenvalue weighted by Crippen LogP contribution is 2.46. The molecule has 0 fully saturated rings. The number of carbonyl (C=O) groups is 2. The average molecular weight is 615 g/mol. The van der Waals surface area contributed by atoms with Crippen molar-refractivity contribution in [3.8, 4) is 5.75 Å². The Bertz CT molecular complexity index is 1430. The lowest BCUT2D eigenvalue weighted by Crippen LogP contribution is -2.43. The Labute approximate surface area is 256 Å². The molecule has 0 saturated heterocycles. The predicted molar refractivity (Wildman–Crippen MR) is 167 cm³/mol. The van der Waals surface area contributed by atoms with E-state index in [9.17, 15) is 9.59 Å². The van der Waals surface area contributed by atoms with Crippen LogP contribution in [0.25, 0.3) is 0 Å². The van der Waals surface area contributed by atoms with E-state index in [4.69, 9.17) is 44.5 Å². The summed E-state index contributed by atoms with van der Waals surface area (Å²) in [5, 5.41) is 0.500. The highest BCUT2D eigenvalue weighted by molar-refractivity contribution is 6.64. The Kier molecular flexibility index (Phi) is 9.68. The molecule has 2 amide bonds. The molecule has 3 aromatic rings. The molecule has 0 radical (unpaired) electrons. The Morgan fingerprint density at radius 3 is 1.98 bits per heavy atom. The SMILES string of the molecule is CCOc1cc(C(C)(C)C(=O)N(CC)CC)ccc1C1=N[C@H](c2ccc(Cl)cc2)[C@H](c2ccc(Cl)cc2)N1C(=O)Cl. The molecule has 9 heteroatoms. The van der Waals surface area contributed by atoms with Gasteiger partial charge in [0, 0.05) is 23.1 Å². The van der Waals surface area contributed by atoms with Gasteiger partial charge in [-0.25, -0.2) is 0 Å². The molecule has 2 atom stereocenters. The topological polar surface area (TPSA) is 62.2 Å². The van der Waals surface area contributed by atoms with E-state index in [-0.39, 0.29) is 5.91 Å². The maximum Gasteiger partial charge on any atom is 0.322 e. The van der Waals surface area contributed by atoms with Gasteiger partial charge in [0.25, 0.3) is 0 Å². The summed E-state index contributed by atoms with van der Waals surface area (Å²) in [5.41, 5.74) is 2.29. The van der Waals surface area contributed by atoms with Crippen molar-refractivity contribution in [2.75, 3.05) is 19.7 Å². The van der Waals surface area contributed by atoms with E-state index in [2.05, 4.69) is 0 Å². The zero-order chi connectivity index (χ0) is 29.9. The molecule has 0 unspecified atom stereocenters. The van der Waals surface area contributed by atoms with Gasteiger partial charge in [-0.15, -0.1) is 0 Å². The fraction of sp³-hybridized carbons (Fsp3) is 0.344. The smallest absolute Gasteiger partial charge is 0.322 e. The molecule has 0 bridgehead atoms. The van der Waals surface area contributed by atoms with Crippen molar-refractivity contribution in [1.29, 1.82) is 0 Å². The molecular formula is C32H34Cl3N3O3. The molecular weight excluding hydrogens is 581 g/mol. The van der Waals surface area contributed by atoms with Crippen molar-refractivity contribution >= 4 is 51.9 Å². The quantitative estimate of drug-likeness (QED) is 0.179. The van der Waals surface area contributed by atoms with Crippen LogP contribution in [0.4, 0.5) is 4.79 Å². The predicted octanol–water partition coefficient (Wildman–Crippen LogP) is 8.44. The van der Waals surface area contributed by atoms with Crippen LogP contribution in [0.15, 0.2) is 71.7 Å². The van der Waals surface area contributed by atoms with Crippen LogP contribution >= 0.6 is 34.8 Å². The number of halogens is 3. The molecule has 0 N–H and O–H groups in total. The van der Waals surface area contributed by atoms with Crippen molar-refractivity contribution in [2.45, 2.75) is 52.1 Å². The van der Waals surface area contributed by atoms with Gasteiger partial charge in [0.1, 0.15) is 17.6 Å². The maximum absolute atomic E-state index is 13.4. The van der Waals surface area contributed by atoms with Gasteiger partial charge in [-0.3, -0.25) is 19.5 Å². The van der Waals surface area contributed by atoms with Gasteiger partial charge in [-0.2, -0.15) is 0 Å². The molecule has 3 aromatic carbocycles. The highest BCUT2D eigenvalue weighted by atomic mass is 35.5. The third kappa shape index (κ3) is 6.25. The molecule has 0 aliphatic carbocycles. The Morgan fingerprint density at radius 2 is 1.46 bits per heavy atom. The van der Waals surface area contributed by atoms with Gasteiger partial charge < -0.3 is 9.64 Å². The zero-order valence-electron chi connectivity index (χ0n) is 23.8. The first-order valence-corrected chi connectivity index (χ1v) is 14.8. The number of rotatable bonds is 9. The highest BCUT2D eigenvalue weighted by Gasteiger charge is 2.43. The maximum atomic E-state index is 13.4. The second kappa shape index (κ2) is 12.8. The average Bonchev–Trinajstić information content (AvgIpc) is 3.35. The van der Waals surface area contributed by atoms with Gasteiger partial charge >= 0.3 is 5.37 Å². The number of likely N-dealkylation sites (N-methyl/N-ethyl adjacent to an activating group) is 1. The molecule has 1 aliphatic rings. The standard InChI is InChI=1S/C32H34Cl3N3O3/c1-6-37(7-2)30(39)32(4,5)22-13-18-25(26(19-22)41-8-3)29-36-27(20-9-14-23(33)15-10-20)28(38(29)31(35)40)21-11-16-24(34)17-12-21/h9-19,27-28H,6-8H2,1-5H3/t27-,28+/m1/s1. The lowest BCUT2D eigenvalue weighted by molar-refractivity contribution is -0.135. The summed E-state index contributed by atoms with van der Waals surface area (Å²) in [6, 6.07) is 19.3. The minimum absolute atomic E-state index is 0.0269. The molecule has 41 heavy (non-hydrogen) atoms. The second-order valence-corrected chi connectivity index (χ2v) is 11.5. The van der Waals surface area contributed by atoms with E-state index in [1.54, 1.807) is 24.3 Å². The summed E-state index contributed by atoms with van der Waals surface area (Å²) in [5.74, 6) is 0.922. The molecule has 216 valence electrons. The molecule has 6 nitrogen and oxygen atoms in total. The van der Waals surface area contributed by atoms with E-state index in [0.717, 1.165) is 16.7 Å². The van der Waals surface area contributed by atoms with Gasteiger partial charge in [0.15, 0.2) is 0 Å². The van der Waals surface area contributed by atoms with Gasteiger partial charge in [0.2, 0.25) is 5.91 Å². The van der Waals surface area contributed by atoms with E-state index in [0.29, 0.717) is 46.9 Å². The number of amides is 2. The first kappa shape index (κ1) is 30.9. The van der Waals surface area contributed by atoms with E-state index < -0.39 is 22.9 Å². The van der Waals surface area contributed by atoms with E-state index in [1.807, 2.05) is 82.0 Å². The summed E-state index contributed by atoms with van der Waals surface area (Å²) in [6.45, 7) is 11.3. The van der Waals surface area contributed by atoms with Crippen molar-refractivity contribution in [3.05, 3.63) is 99.0 Å². The van der Waals surface area contributed by atoms with Crippen LogP contribution in [0.3, 0.4) is 0 Å². The molecule has 0 aromatic heterocycles. The van der Waals surface area contributed by atoms with Crippen LogP contribution in [-0.2, 0) is 10.2 Å². The summed E-state index contributed by atoms with van der Waals surface area (Å²) in [4.78, 5) is 34.9. The number of amidine groups is 1. The first-order valence-electron chi connectivity index (χ1n) is 13.7. The molecule has 4 rings (SSSR count). The fourth-order valence-corrected chi connectivity index (χ4v) is 5.68. The molecule has 1 aliphatic heterocycles. The lowest BCUT2D eigenvalue weighted by Gasteiger charge is -2.32. The third-order valence-corrected chi connectivity index (χ3v) is 8.19. The van der Waals surface area contributed by atoms with Gasteiger partial charge in [0.05, 0.1) is 23.6 Å². The number of ether oxygens (including phenoxy) is 1. The Balaban J connectivity index is 1.87. The minimum Gasteiger partial charge on any atom is -0.493 e. The minimum atomic E-state index is -0.798. The number of carbonyl (C=O) groups excluding carboxylic acids is 2. The summed E-state index contributed by atoms with van der Waals surface area (Å²) in [7, 11) is 0. The van der Waals surface area contributed by atoms with E-state index >= 15 is 0 Å². The second-order valence-electron chi connectivity index (χ2n) is 10.3. The molecule has 1 heterocycles. The number of hydrogen-bond acceptors (Lipinski definition) is 4. The molecule has 0 spiro atoms. The zero-order valence-corrected chi connectivity index (χ0v) is 26.1. The Morgan fingerprint density at radius 1 is 0.902 bits per heavy atom. The third-order valence-electron chi connectivity index (χ3n) is 7.51. The normalized spacial score (nSPS) is 16.9. The van der Waals surface area contributed by atoms with Crippen LogP contribution in [0.5, 0.6) is 5.75 Å². The number of nitrogens with zero attached hydrogens (tertiary/aromatic N) is 3. The van der Waals surface area contributed by atoms with Crippen molar-refractivity contribution in [3.63, 3.8) is 0 Å². The van der Waals surface area contributed by atoms with Crippen LogP contribution in [0.2, 0.25) is 10.0 Å². The van der Waals surface area contributed by atoms with Crippen LogP contribution in [0, 0.1) is 0 Å². The summed E-state index contributed by atoms with van der Waals surface area (Å²) >= 11 is 18.7. The van der Waals surface area contributed by atoms with Gasteiger partial charge in [-0.05, 0) is 99.3 Å². The first-order chi connectivity index (χ1) is 19.5. The Hall–Kier alpha value is -3.06. The van der Waals surface area contributed by atoms with Crippen molar-refractivity contribution < 1.29 is 14.3 Å². The van der Waals surface area contributed by atoms with Gasteiger partial charge in [-0.1, -0.05) is 53.5 Å². The number of hydrogen-bond donors (Lipinski definition) is 0. The number of aliphatic imine (C=N–C) groups is 1. The van der Waals surface area contributed by atoms with Crippen LogP contribution in [-0.4, -0.2) is 46.6 Å². The number of benzene rings is 3. The van der Waals surface area contributed by atoms with Crippen LogP contribution < -0.4 is 4.74 Å². The van der Waals surface area contributed by atoms with Crippen LogP contribution in [0.1, 0.15) is 69.0 Å². The summed E-state index contributed by atoms with van der Waals surface area (Å²) in [6.07, 6.45) is 0. The fourth-order valence-electron chi connectivity index (χ4n) is 5.24. The largest absolute Gasteiger partial charge is 0.493 e. The molecule has 0 saturated carbocycles. The van der Waals surface area contributed by atoms with E-state index in [1.165, 1.54) is 4.90 Å². The monoisotopic (exact) mass is 613 g/mol. The van der Waals surface area contributed by atoms with Crippen molar-refractivity contribution in [2.24, 2.45) is 4.99 Å². The lowest BCUT2D eigenvalue weighted by atomic mass is 9.82. The summed E-state index contributed by atoms with van der Waals surface area (Å²) < 4.78 is 6.10.